The highest BCUT2D eigenvalue weighted by molar-refractivity contribution is 5.75. The van der Waals surface area contributed by atoms with E-state index in [0.29, 0.717) is 12.8 Å². The Morgan fingerprint density at radius 2 is 2.50 bits per heavy atom. The highest BCUT2D eigenvalue weighted by Gasteiger charge is 2.26. The molecule has 1 N–H and O–H groups in total. The Kier molecular flexibility index (Phi) is 1.48. The molecular weight excluding hydrogens is 108 g/mol. The normalized spacial score (nSPS) is 26.6. The van der Waals surface area contributed by atoms with Crippen molar-refractivity contribution in [2.75, 3.05) is 6.61 Å². The van der Waals surface area contributed by atoms with Crippen LogP contribution >= 0.6 is 0 Å². The summed E-state index contributed by atoms with van der Waals surface area (Å²) in [5.41, 5.74) is 0. The molecule has 1 rings (SSSR count). The van der Waals surface area contributed by atoms with Gasteiger partial charge in [0.15, 0.2) is 0 Å². The van der Waals surface area contributed by atoms with Crippen LogP contribution in [0.25, 0.3) is 0 Å². The molecule has 0 aromatic rings. The summed E-state index contributed by atoms with van der Waals surface area (Å²) < 4.78 is 4.58. The lowest BCUT2D eigenvalue weighted by Crippen LogP contribution is -2.33. The van der Waals surface area contributed by atoms with Crippen molar-refractivity contribution >= 4 is 5.97 Å². The number of carbonyl (C=O) groups excluding carboxylic acids is 1. The topological polar surface area (TPSA) is 46.5 Å². The van der Waals surface area contributed by atoms with E-state index in [4.69, 9.17) is 5.11 Å². The van der Waals surface area contributed by atoms with E-state index in [1.54, 1.807) is 0 Å². The lowest BCUT2D eigenvalue weighted by molar-refractivity contribution is -0.170. The number of carbonyl (C=O) groups is 1. The van der Waals surface area contributed by atoms with E-state index in [-0.39, 0.29) is 18.7 Å². The summed E-state index contributed by atoms with van der Waals surface area (Å²) >= 11 is 0. The molecule has 0 aromatic heterocycles. The molecule has 0 bridgehead atoms. The summed E-state index contributed by atoms with van der Waals surface area (Å²) in [5, 5.41) is 8.30. The van der Waals surface area contributed by atoms with E-state index in [1.807, 2.05) is 0 Å². The van der Waals surface area contributed by atoms with E-state index < -0.39 is 0 Å². The second-order valence-electron chi connectivity index (χ2n) is 1.83. The lowest BCUT2D eigenvalue weighted by atomic mass is 10.1. The average molecular weight is 116 g/mol. The lowest BCUT2D eigenvalue weighted by Gasteiger charge is -2.24. The maximum Gasteiger partial charge on any atom is 0.309 e. The predicted octanol–water partition coefficient (Wildman–Crippen LogP) is -0.316. The van der Waals surface area contributed by atoms with Crippen LogP contribution in [-0.2, 0) is 9.53 Å². The van der Waals surface area contributed by atoms with Crippen molar-refractivity contribution in [1.29, 1.82) is 0 Å². The zero-order valence-electron chi connectivity index (χ0n) is 4.46. The molecule has 1 unspecified atom stereocenters. The highest BCUT2D eigenvalue weighted by Crippen LogP contribution is 2.15. The Morgan fingerprint density at radius 1 is 1.88 bits per heavy atom. The van der Waals surface area contributed by atoms with Crippen molar-refractivity contribution < 1.29 is 14.6 Å². The molecule has 1 aliphatic rings. The molecule has 8 heavy (non-hydrogen) atoms. The summed E-state index contributed by atoms with van der Waals surface area (Å²) in [6, 6.07) is 0. The Balaban J connectivity index is 2.06. The summed E-state index contributed by atoms with van der Waals surface area (Å²) in [7, 11) is 0. The number of cyclic esters (lactones) is 1. The zero-order chi connectivity index (χ0) is 5.98. The van der Waals surface area contributed by atoms with Gasteiger partial charge in [-0.2, -0.15) is 0 Å². The molecule has 1 saturated heterocycles. The maximum absolute atomic E-state index is 10.1. The number of rotatable bonds is 2. The van der Waals surface area contributed by atoms with Crippen LogP contribution in [0.2, 0.25) is 0 Å². The van der Waals surface area contributed by atoms with E-state index in [1.165, 1.54) is 0 Å². The minimum Gasteiger partial charge on any atom is -0.462 e. The summed E-state index contributed by atoms with van der Waals surface area (Å²) in [6.45, 7) is 0.109. The third-order valence-electron chi connectivity index (χ3n) is 1.14. The Labute approximate surface area is 47.3 Å². The van der Waals surface area contributed by atoms with Crippen molar-refractivity contribution in [3.63, 3.8) is 0 Å². The largest absolute Gasteiger partial charge is 0.462 e. The SMILES string of the molecule is O=C1CC(CCO)O1. The second kappa shape index (κ2) is 2.13. The first-order valence-corrected chi connectivity index (χ1v) is 2.63. The summed E-state index contributed by atoms with van der Waals surface area (Å²) in [6.07, 6.45) is 1.08. The van der Waals surface area contributed by atoms with Crippen LogP contribution in [0.1, 0.15) is 12.8 Å². The van der Waals surface area contributed by atoms with Crippen LogP contribution in [-0.4, -0.2) is 23.8 Å². The van der Waals surface area contributed by atoms with Crippen molar-refractivity contribution in [3.05, 3.63) is 0 Å². The molecule has 0 amide bonds. The van der Waals surface area contributed by atoms with Crippen LogP contribution in [0.5, 0.6) is 0 Å². The molecular formula is C5H8O3. The number of esters is 1. The van der Waals surface area contributed by atoms with Crippen molar-refractivity contribution in [2.45, 2.75) is 18.9 Å². The number of ether oxygens (including phenoxy) is 1. The monoisotopic (exact) mass is 116 g/mol. The number of aliphatic hydroxyl groups is 1. The van der Waals surface area contributed by atoms with Gasteiger partial charge in [0, 0.05) is 13.0 Å². The Bertz CT molecular complexity index is 91.8. The van der Waals surface area contributed by atoms with E-state index in [0.717, 1.165) is 0 Å². The second-order valence-corrected chi connectivity index (χ2v) is 1.83. The maximum atomic E-state index is 10.1. The van der Waals surface area contributed by atoms with Gasteiger partial charge in [0.2, 0.25) is 0 Å². The van der Waals surface area contributed by atoms with Gasteiger partial charge in [0.1, 0.15) is 6.10 Å². The highest BCUT2D eigenvalue weighted by atomic mass is 16.6. The van der Waals surface area contributed by atoms with Gasteiger partial charge in [0.05, 0.1) is 6.42 Å². The van der Waals surface area contributed by atoms with E-state index in [9.17, 15) is 4.79 Å². The van der Waals surface area contributed by atoms with Crippen molar-refractivity contribution in [3.8, 4) is 0 Å². The zero-order valence-corrected chi connectivity index (χ0v) is 4.46. The van der Waals surface area contributed by atoms with Gasteiger partial charge in [-0.15, -0.1) is 0 Å². The third kappa shape index (κ3) is 0.980. The molecule has 0 radical (unpaired) electrons. The molecule has 1 atom stereocenters. The molecule has 3 nitrogen and oxygen atoms in total. The summed E-state index contributed by atoms with van der Waals surface area (Å²) in [4.78, 5) is 10.1. The van der Waals surface area contributed by atoms with Crippen LogP contribution < -0.4 is 0 Å². The van der Waals surface area contributed by atoms with Crippen LogP contribution in [0.15, 0.2) is 0 Å². The number of aliphatic hydroxyl groups excluding tert-OH is 1. The predicted molar refractivity (Wildman–Crippen MR) is 26.2 cm³/mol. The number of hydrogen-bond acceptors (Lipinski definition) is 3. The van der Waals surface area contributed by atoms with Crippen molar-refractivity contribution in [1.82, 2.24) is 0 Å². The van der Waals surface area contributed by atoms with E-state index >= 15 is 0 Å². The van der Waals surface area contributed by atoms with Gasteiger partial charge in [-0.25, -0.2) is 0 Å². The molecule has 0 aromatic carbocycles. The van der Waals surface area contributed by atoms with Gasteiger partial charge in [-0.05, 0) is 0 Å². The van der Waals surface area contributed by atoms with Gasteiger partial charge >= 0.3 is 5.97 Å². The Morgan fingerprint density at radius 3 is 2.88 bits per heavy atom. The fourth-order valence-electron chi connectivity index (χ4n) is 0.667. The molecule has 46 valence electrons. The fourth-order valence-corrected chi connectivity index (χ4v) is 0.667. The first kappa shape index (κ1) is 5.56. The van der Waals surface area contributed by atoms with Gasteiger partial charge < -0.3 is 9.84 Å². The molecule has 1 fully saturated rings. The minimum absolute atomic E-state index is 0.00694. The van der Waals surface area contributed by atoms with Gasteiger partial charge in [-0.1, -0.05) is 0 Å². The number of hydrogen-bond donors (Lipinski definition) is 1. The molecule has 0 aliphatic carbocycles. The smallest absolute Gasteiger partial charge is 0.309 e. The molecule has 1 heterocycles. The molecule has 3 heteroatoms. The molecule has 0 saturated carbocycles. The third-order valence-corrected chi connectivity index (χ3v) is 1.14. The first-order valence-electron chi connectivity index (χ1n) is 2.63. The van der Waals surface area contributed by atoms with Crippen LogP contribution in [0, 0.1) is 0 Å². The molecule has 1 aliphatic heterocycles. The van der Waals surface area contributed by atoms with Crippen molar-refractivity contribution in [2.24, 2.45) is 0 Å². The first-order chi connectivity index (χ1) is 3.83. The van der Waals surface area contributed by atoms with Crippen LogP contribution in [0.3, 0.4) is 0 Å². The van der Waals surface area contributed by atoms with Crippen LogP contribution in [0.4, 0.5) is 0 Å². The minimum atomic E-state index is -0.150. The fraction of sp³-hybridized carbons (Fsp3) is 0.800. The average Bonchev–Trinajstić information content (AvgIpc) is 1.64. The van der Waals surface area contributed by atoms with Gasteiger partial charge in [0.25, 0.3) is 0 Å². The molecule has 0 spiro atoms. The van der Waals surface area contributed by atoms with E-state index in [2.05, 4.69) is 4.74 Å². The standard InChI is InChI=1S/C5H8O3/c6-2-1-4-3-5(7)8-4/h4,6H,1-3H2. The summed E-state index contributed by atoms with van der Waals surface area (Å²) in [5.74, 6) is -0.150. The Hall–Kier alpha value is -0.570. The quantitative estimate of drug-likeness (QED) is 0.503. The van der Waals surface area contributed by atoms with Gasteiger partial charge in [-0.3, -0.25) is 4.79 Å².